The average Bonchev–Trinajstić information content (AvgIpc) is 3.10. The molecule has 0 aliphatic carbocycles. The highest BCUT2D eigenvalue weighted by Crippen LogP contribution is 2.39. The van der Waals surface area contributed by atoms with Crippen molar-refractivity contribution in [3.05, 3.63) is 30.9 Å². The lowest BCUT2D eigenvalue weighted by Crippen LogP contribution is -2.44. The molecule has 1 aliphatic heterocycles. The van der Waals surface area contributed by atoms with Crippen LogP contribution in [0.25, 0.3) is 0 Å². The Kier molecular flexibility index (Phi) is 6.34. The number of carbonyl (C=O) groups is 1. The molecule has 146 valence electrons. The van der Waals surface area contributed by atoms with Gasteiger partial charge in [-0.25, -0.2) is 9.78 Å². The molecule has 1 aromatic heterocycles. The number of amides is 1. The van der Waals surface area contributed by atoms with Crippen molar-refractivity contribution in [3.63, 3.8) is 0 Å². The molecule has 6 nitrogen and oxygen atoms in total. The number of hydrogen-bond acceptors (Lipinski definition) is 4. The van der Waals surface area contributed by atoms with Crippen molar-refractivity contribution < 1.29 is 14.0 Å². The number of hydrogen-bond donors (Lipinski definition) is 0. The summed E-state index contributed by atoms with van der Waals surface area (Å²) in [5, 5.41) is 0.138. The SMILES string of the molecule is C=CCOC(=O)N1C[C@H](O[Si](C)(C)C(C)(C)C)C[C@H]1Cc1nccn1C. The average molecular weight is 380 g/mol. The van der Waals surface area contributed by atoms with Gasteiger partial charge in [0, 0.05) is 38.4 Å². The van der Waals surface area contributed by atoms with Gasteiger partial charge >= 0.3 is 6.09 Å². The normalized spacial score (nSPS) is 21.1. The van der Waals surface area contributed by atoms with E-state index in [1.807, 2.05) is 17.8 Å². The van der Waals surface area contributed by atoms with Crippen LogP contribution in [0.2, 0.25) is 18.1 Å². The smallest absolute Gasteiger partial charge is 0.410 e. The second-order valence-electron chi connectivity index (χ2n) is 8.57. The third kappa shape index (κ3) is 4.76. The number of carbonyl (C=O) groups excluding carboxylic acids is 1. The molecular weight excluding hydrogens is 346 g/mol. The van der Waals surface area contributed by atoms with Crippen LogP contribution in [-0.4, -0.2) is 54.2 Å². The van der Waals surface area contributed by atoms with E-state index in [2.05, 4.69) is 45.4 Å². The quantitative estimate of drug-likeness (QED) is 0.558. The lowest BCUT2D eigenvalue weighted by Gasteiger charge is -2.38. The summed E-state index contributed by atoms with van der Waals surface area (Å²) in [4.78, 5) is 18.7. The number of ether oxygens (including phenoxy) is 1. The molecule has 0 spiro atoms. The molecule has 1 fully saturated rings. The summed E-state index contributed by atoms with van der Waals surface area (Å²) >= 11 is 0. The highest BCUT2D eigenvalue weighted by Gasteiger charge is 2.44. The Hall–Kier alpha value is -1.60. The van der Waals surface area contributed by atoms with Crippen LogP contribution >= 0.6 is 0 Å². The third-order valence-electron chi connectivity index (χ3n) is 5.54. The number of imidazole rings is 1. The van der Waals surface area contributed by atoms with Crippen molar-refractivity contribution in [2.45, 2.75) is 63.9 Å². The summed E-state index contributed by atoms with van der Waals surface area (Å²) < 4.78 is 13.9. The van der Waals surface area contributed by atoms with Crippen molar-refractivity contribution in [2.24, 2.45) is 7.05 Å². The van der Waals surface area contributed by atoms with Crippen LogP contribution < -0.4 is 0 Å². The molecule has 7 heteroatoms. The van der Waals surface area contributed by atoms with Gasteiger partial charge in [0.2, 0.25) is 0 Å². The van der Waals surface area contributed by atoms with E-state index in [0.29, 0.717) is 13.0 Å². The second kappa shape index (κ2) is 7.96. The summed E-state index contributed by atoms with van der Waals surface area (Å²) in [5.41, 5.74) is 0. The topological polar surface area (TPSA) is 56.6 Å². The van der Waals surface area contributed by atoms with Gasteiger partial charge in [-0.15, -0.1) is 0 Å². The molecule has 1 aromatic rings. The number of aromatic nitrogens is 2. The minimum Gasteiger partial charge on any atom is -0.445 e. The van der Waals surface area contributed by atoms with Crippen molar-refractivity contribution in [1.29, 1.82) is 0 Å². The monoisotopic (exact) mass is 379 g/mol. The summed E-state index contributed by atoms with van der Waals surface area (Å²) in [5.74, 6) is 0.962. The zero-order valence-corrected chi connectivity index (χ0v) is 18.0. The van der Waals surface area contributed by atoms with Gasteiger partial charge in [0.25, 0.3) is 0 Å². The summed E-state index contributed by atoms with van der Waals surface area (Å²) in [6.07, 6.45) is 6.54. The Morgan fingerprint density at radius 2 is 2.15 bits per heavy atom. The zero-order valence-electron chi connectivity index (χ0n) is 17.0. The molecule has 2 atom stereocenters. The fraction of sp³-hybridized carbons (Fsp3) is 0.684. The molecule has 0 unspecified atom stereocenters. The van der Waals surface area contributed by atoms with Gasteiger partial charge < -0.3 is 18.6 Å². The van der Waals surface area contributed by atoms with E-state index in [1.165, 1.54) is 0 Å². The van der Waals surface area contributed by atoms with Crippen molar-refractivity contribution in [1.82, 2.24) is 14.5 Å². The molecule has 1 saturated heterocycles. The summed E-state index contributed by atoms with van der Waals surface area (Å²) in [6, 6.07) is 0.0307. The van der Waals surface area contributed by atoms with Crippen LogP contribution in [0.1, 0.15) is 33.0 Å². The van der Waals surface area contributed by atoms with Crippen LogP contribution in [-0.2, 0) is 22.6 Å². The fourth-order valence-electron chi connectivity index (χ4n) is 2.99. The Bertz CT molecular complexity index is 636. The maximum Gasteiger partial charge on any atom is 0.410 e. The highest BCUT2D eigenvalue weighted by atomic mass is 28.4. The Morgan fingerprint density at radius 3 is 2.69 bits per heavy atom. The van der Waals surface area contributed by atoms with E-state index in [4.69, 9.17) is 9.16 Å². The van der Waals surface area contributed by atoms with Gasteiger partial charge in [-0.1, -0.05) is 33.4 Å². The van der Waals surface area contributed by atoms with Crippen LogP contribution in [0.5, 0.6) is 0 Å². The lowest BCUT2D eigenvalue weighted by atomic mass is 10.1. The van der Waals surface area contributed by atoms with Crippen molar-refractivity contribution in [3.8, 4) is 0 Å². The largest absolute Gasteiger partial charge is 0.445 e. The van der Waals surface area contributed by atoms with E-state index in [-0.39, 0.29) is 29.9 Å². The maximum absolute atomic E-state index is 12.5. The van der Waals surface area contributed by atoms with Gasteiger partial charge in [-0.2, -0.15) is 0 Å². The van der Waals surface area contributed by atoms with Crippen LogP contribution in [0, 0.1) is 0 Å². The molecule has 0 radical (unpaired) electrons. The van der Waals surface area contributed by atoms with Gasteiger partial charge in [-0.05, 0) is 24.6 Å². The van der Waals surface area contributed by atoms with Gasteiger partial charge in [0.05, 0.1) is 6.10 Å². The maximum atomic E-state index is 12.5. The standard InChI is InChI=1S/C19H33N3O3Si/c1-8-11-24-18(23)22-14-16(25-26(6,7)19(2,3)4)12-15(22)13-17-20-9-10-21(17)5/h8-10,15-16H,1,11-14H2,2-7H3/t15-,16+/m0/s1. The Morgan fingerprint density at radius 1 is 1.46 bits per heavy atom. The predicted molar refractivity (Wildman–Crippen MR) is 106 cm³/mol. The van der Waals surface area contributed by atoms with Gasteiger partial charge in [0.15, 0.2) is 8.32 Å². The summed E-state index contributed by atoms with van der Waals surface area (Å²) in [7, 11) is 0.0785. The fourth-order valence-corrected chi connectivity index (χ4v) is 4.34. The molecule has 0 aromatic carbocycles. The van der Waals surface area contributed by atoms with E-state index in [9.17, 15) is 4.79 Å². The first kappa shape index (κ1) is 20.7. The molecule has 1 aliphatic rings. The number of likely N-dealkylation sites (tertiary alicyclic amines) is 1. The first-order valence-electron chi connectivity index (χ1n) is 9.23. The van der Waals surface area contributed by atoms with Gasteiger partial charge in [-0.3, -0.25) is 0 Å². The number of rotatable bonds is 6. The molecular formula is C19H33N3O3Si. The van der Waals surface area contributed by atoms with Crippen LogP contribution in [0.3, 0.4) is 0 Å². The number of nitrogens with zero attached hydrogens (tertiary/aromatic N) is 3. The predicted octanol–water partition coefficient (Wildman–Crippen LogP) is 3.75. The molecule has 26 heavy (non-hydrogen) atoms. The van der Waals surface area contributed by atoms with E-state index in [1.54, 1.807) is 17.2 Å². The van der Waals surface area contributed by atoms with Crippen LogP contribution in [0.15, 0.2) is 25.0 Å². The first-order valence-corrected chi connectivity index (χ1v) is 12.1. The van der Waals surface area contributed by atoms with E-state index >= 15 is 0 Å². The zero-order chi connectivity index (χ0) is 19.5. The van der Waals surface area contributed by atoms with Crippen molar-refractivity contribution in [2.75, 3.05) is 13.2 Å². The van der Waals surface area contributed by atoms with E-state index in [0.717, 1.165) is 12.2 Å². The molecule has 2 heterocycles. The third-order valence-corrected chi connectivity index (χ3v) is 10.1. The highest BCUT2D eigenvalue weighted by molar-refractivity contribution is 6.74. The molecule has 0 bridgehead atoms. The summed E-state index contributed by atoms with van der Waals surface area (Å²) in [6.45, 7) is 15.6. The van der Waals surface area contributed by atoms with Crippen LogP contribution in [0.4, 0.5) is 4.79 Å². The van der Waals surface area contributed by atoms with E-state index < -0.39 is 8.32 Å². The molecule has 0 saturated carbocycles. The van der Waals surface area contributed by atoms with Crippen molar-refractivity contribution >= 4 is 14.4 Å². The molecule has 0 N–H and O–H groups in total. The minimum atomic E-state index is -1.89. The Balaban J connectivity index is 2.13. The van der Waals surface area contributed by atoms with Gasteiger partial charge in [0.1, 0.15) is 12.4 Å². The Labute approximate surface area is 158 Å². The lowest BCUT2D eigenvalue weighted by molar-refractivity contribution is 0.103. The molecule has 2 rings (SSSR count). The minimum absolute atomic E-state index is 0.0307. The number of aryl methyl sites for hydroxylation is 1. The molecule has 1 amide bonds. The first-order chi connectivity index (χ1) is 12.0. The second-order valence-corrected chi connectivity index (χ2v) is 13.3.